The van der Waals surface area contributed by atoms with Gasteiger partial charge in [-0.15, -0.1) is 0 Å². The number of likely N-dealkylation sites (N-methyl/N-ethyl adjacent to an activating group) is 1. The highest BCUT2D eigenvalue weighted by Gasteiger charge is 2.19. The van der Waals surface area contributed by atoms with E-state index in [1.165, 1.54) is 6.92 Å². The Bertz CT molecular complexity index is 302. The van der Waals surface area contributed by atoms with Crippen molar-refractivity contribution in [2.45, 2.75) is 45.6 Å². The summed E-state index contributed by atoms with van der Waals surface area (Å²) in [6.45, 7) is 3.58. The maximum absolute atomic E-state index is 11.7. The topological polar surface area (TPSA) is 113 Å². The van der Waals surface area contributed by atoms with Gasteiger partial charge in [-0.05, 0) is 20.5 Å². The molecule has 0 aliphatic carbocycles. The summed E-state index contributed by atoms with van der Waals surface area (Å²) in [5, 5.41) is 11.1. The first-order valence-corrected chi connectivity index (χ1v) is 6.64. The van der Waals surface area contributed by atoms with Crippen molar-refractivity contribution in [3.63, 3.8) is 0 Å². The molecule has 2 amide bonds. The molecule has 0 heterocycles. The number of primary amides is 1. The smallest absolute Gasteiger partial charge is 0.305 e. The van der Waals surface area contributed by atoms with Gasteiger partial charge in [0, 0.05) is 13.5 Å². The summed E-state index contributed by atoms with van der Waals surface area (Å²) in [5.74, 6) is -1.31. The number of hydrogen-bond acceptors (Lipinski definition) is 4. The summed E-state index contributed by atoms with van der Waals surface area (Å²) < 4.78 is 0. The number of amides is 2. The van der Waals surface area contributed by atoms with E-state index >= 15 is 0 Å². The molecule has 0 spiro atoms. The maximum Gasteiger partial charge on any atom is 0.305 e. The fourth-order valence-electron chi connectivity index (χ4n) is 1.43. The molecule has 20 heavy (non-hydrogen) atoms. The number of rotatable bonds is 8. The van der Waals surface area contributed by atoms with Gasteiger partial charge in [0.25, 0.3) is 0 Å². The number of carboxylic acids is 1. The standard InChI is InChI=1S/C11H22N2O3.C2H5NO/c1-4-5-6-9(13(2)3)11(16)12-8-7-10(14)15;1-2(3)4/h9H,4-8H2,1-3H3,(H,12,16)(H,14,15);1H3,(H2,3,4)/i1+1,2+1,4+1;2+1. The highest BCUT2D eigenvalue weighted by Crippen LogP contribution is 2.05. The van der Waals surface area contributed by atoms with Crippen molar-refractivity contribution in [3.8, 4) is 0 Å². The number of carbonyl (C=O) groups is 3. The van der Waals surface area contributed by atoms with Crippen LogP contribution in [0.5, 0.6) is 0 Å². The molecule has 1 unspecified atom stereocenters. The Kier molecular flexibility index (Phi) is 12.8. The van der Waals surface area contributed by atoms with E-state index in [9.17, 15) is 14.4 Å². The Labute approximate surface area is 120 Å². The van der Waals surface area contributed by atoms with Crippen molar-refractivity contribution in [2.24, 2.45) is 5.73 Å². The third-order valence-corrected chi connectivity index (χ3v) is 2.40. The zero-order valence-electron chi connectivity index (χ0n) is 12.8. The SMILES string of the molecule is CN([13CH3])C(CC[13CH2][13CH3])C(=O)NCCC(=O)O.C[13C](N)=O. The van der Waals surface area contributed by atoms with E-state index in [1.807, 2.05) is 19.0 Å². The summed E-state index contributed by atoms with van der Waals surface area (Å²) in [4.78, 5) is 33.1. The van der Waals surface area contributed by atoms with Crippen molar-refractivity contribution < 1.29 is 19.5 Å². The molecule has 0 saturated heterocycles. The van der Waals surface area contributed by atoms with Crippen LogP contribution in [0.3, 0.4) is 0 Å². The molecular formula is C13H27N3O4. The van der Waals surface area contributed by atoms with Gasteiger partial charge in [-0.25, -0.2) is 0 Å². The van der Waals surface area contributed by atoms with Gasteiger partial charge in [0.15, 0.2) is 0 Å². The lowest BCUT2D eigenvalue weighted by Crippen LogP contribution is -2.44. The molecule has 0 aromatic rings. The number of nitrogens with one attached hydrogen (secondary N) is 1. The van der Waals surface area contributed by atoms with E-state index in [4.69, 9.17) is 5.11 Å². The zero-order valence-corrected chi connectivity index (χ0v) is 12.8. The molecule has 1 atom stereocenters. The minimum absolute atomic E-state index is 0.0281. The monoisotopic (exact) mass is 293 g/mol. The van der Waals surface area contributed by atoms with Gasteiger partial charge in [-0.3, -0.25) is 19.3 Å². The molecule has 7 nitrogen and oxygen atoms in total. The van der Waals surface area contributed by atoms with Gasteiger partial charge in [0.05, 0.1) is 12.5 Å². The van der Waals surface area contributed by atoms with Crippen LogP contribution < -0.4 is 11.1 Å². The van der Waals surface area contributed by atoms with Gasteiger partial charge < -0.3 is 16.2 Å². The number of hydrogen-bond donors (Lipinski definition) is 3. The Morgan fingerprint density at radius 2 is 1.80 bits per heavy atom. The van der Waals surface area contributed by atoms with Crippen molar-refractivity contribution in [1.82, 2.24) is 10.2 Å². The van der Waals surface area contributed by atoms with Crippen LogP contribution in [0.25, 0.3) is 0 Å². The van der Waals surface area contributed by atoms with E-state index in [0.29, 0.717) is 0 Å². The largest absolute Gasteiger partial charge is 0.481 e. The minimum Gasteiger partial charge on any atom is -0.481 e. The molecule has 0 saturated carbocycles. The van der Waals surface area contributed by atoms with Gasteiger partial charge in [0.1, 0.15) is 0 Å². The molecule has 0 aromatic carbocycles. The van der Waals surface area contributed by atoms with E-state index < -0.39 is 5.97 Å². The molecule has 4 N–H and O–H groups in total. The molecule has 0 bridgehead atoms. The molecular weight excluding hydrogens is 266 g/mol. The number of nitrogens with two attached hydrogens (primary N) is 1. The maximum atomic E-state index is 11.7. The Hall–Kier alpha value is -1.63. The summed E-state index contributed by atoms with van der Waals surface area (Å²) >= 11 is 0. The average Bonchev–Trinajstić information content (AvgIpc) is 2.27. The van der Waals surface area contributed by atoms with Gasteiger partial charge >= 0.3 is 5.97 Å². The van der Waals surface area contributed by atoms with Crippen LogP contribution in [0.4, 0.5) is 0 Å². The van der Waals surface area contributed by atoms with Crippen molar-refractivity contribution in [3.05, 3.63) is 0 Å². The molecule has 0 aliphatic heterocycles. The summed E-state index contributed by atoms with van der Waals surface area (Å²) in [5.41, 5.74) is 4.47. The van der Waals surface area contributed by atoms with Crippen LogP contribution in [0.2, 0.25) is 0 Å². The Morgan fingerprint density at radius 3 is 2.15 bits per heavy atom. The van der Waals surface area contributed by atoms with E-state index in [-0.39, 0.29) is 30.8 Å². The van der Waals surface area contributed by atoms with Gasteiger partial charge in [0.2, 0.25) is 11.8 Å². The third-order valence-electron chi connectivity index (χ3n) is 2.40. The Morgan fingerprint density at radius 1 is 1.30 bits per heavy atom. The fraction of sp³-hybridized carbons (Fsp3) is 0.769. The van der Waals surface area contributed by atoms with Gasteiger partial charge in [-0.2, -0.15) is 0 Å². The Balaban J connectivity index is 0. The quantitative estimate of drug-likeness (QED) is 0.553. The van der Waals surface area contributed by atoms with Gasteiger partial charge in [-0.1, -0.05) is 19.8 Å². The predicted molar refractivity (Wildman–Crippen MR) is 77.1 cm³/mol. The molecule has 0 radical (unpaired) electrons. The van der Waals surface area contributed by atoms with Crippen molar-refractivity contribution in [1.29, 1.82) is 0 Å². The molecule has 0 rings (SSSR count). The molecule has 0 aliphatic rings. The second kappa shape index (κ2) is 12.4. The lowest BCUT2D eigenvalue weighted by molar-refractivity contribution is -0.137. The second-order valence-corrected chi connectivity index (χ2v) is 4.67. The van der Waals surface area contributed by atoms with E-state index in [0.717, 1.165) is 19.3 Å². The fourth-order valence-corrected chi connectivity index (χ4v) is 1.43. The second-order valence-electron chi connectivity index (χ2n) is 4.67. The first kappa shape index (κ1) is 20.7. The predicted octanol–water partition coefficient (Wildman–Crippen LogP) is 0.189. The molecule has 7 heteroatoms. The summed E-state index contributed by atoms with van der Waals surface area (Å²) in [7, 11) is 3.72. The van der Waals surface area contributed by atoms with Crippen molar-refractivity contribution in [2.75, 3.05) is 20.6 Å². The van der Waals surface area contributed by atoms with Crippen LogP contribution >= 0.6 is 0 Å². The third kappa shape index (κ3) is 14.4. The average molecular weight is 293 g/mol. The summed E-state index contributed by atoms with van der Waals surface area (Å²) in [6.07, 6.45) is 2.82. The normalized spacial score (nSPS) is 11.2. The summed E-state index contributed by atoms with van der Waals surface area (Å²) in [6, 6.07) is -0.159. The highest BCUT2D eigenvalue weighted by atomic mass is 16.4. The minimum atomic E-state index is -0.893. The number of nitrogens with zero attached hydrogens (tertiary/aromatic N) is 1. The number of carboxylic acid groups (broad SMARTS) is 1. The zero-order chi connectivity index (χ0) is 16.1. The van der Waals surface area contributed by atoms with E-state index in [1.54, 1.807) is 0 Å². The molecule has 118 valence electrons. The van der Waals surface area contributed by atoms with Crippen LogP contribution in [0.1, 0.15) is 39.5 Å². The molecule has 0 fully saturated rings. The van der Waals surface area contributed by atoms with Crippen molar-refractivity contribution >= 4 is 17.8 Å². The van der Waals surface area contributed by atoms with Crippen LogP contribution in [-0.4, -0.2) is 54.5 Å². The van der Waals surface area contributed by atoms with Crippen LogP contribution in [0.15, 0.2) is 0 Å². The van der Waals surface area contributed by atoms with Crippen LogP contribution in [0, 0.1) is 0 Å². The van der Waals surface area contributed by atoms with Crippen LogP contribution in [-0.2, 0) is 14.4 Å². The van der Waals surface area contributed by atoms with E-state index in [2.05, 4.69) is 18.0 Å². The number of carbonyl (C=O) groups excluding carboxylic acids is 2. The number of unbranched alkanes of at least 4 members (excludes halogenated alkanes) is 1. The lowest BCUT2D eigenvalue weighted by atomic mass is 10.1. The first-order valence-electron chi connectivity index (χ1n) is 6.64. The number of aliphatic carboxylic acids is 1. The first-order chi connectivity index (χ1) is 9.22. The lowest BCUT2D eigenvalue weighted by Gasteiger charge is -2.23. The molecule has 0 aromatic heterocycles. The highest BCUT2D eigenvalue weighted by molar-refractivity contribution is 5.82.